The van der Waals surface area contributed by atoms with Crippen molar-refractivity contribution in [2.24, 2.45) is 0 Å². The lowest BCUT2D eigenvalue weighted by Crippen LogP contribution is -2.54. The number of ether oxygens (including phenoxy) is 1. The molecule has 0 spiro atoms. The van der Waals surface area contributed by atoms with Gasteiger partial charge in [-0.15, -0.1) is 0 Å². The first-order valence-corrected chi connectivity index (χ1v) is 11.5. The highest BCUT2D eigenvalue weighted by Crippen LogP contribution is 2.23. The fourth-order valence-electron chi connectivity index (χ4n) is 2.96. The quantitative estimate of drug-likeness (QED) is 0.591. The van der Waals surface area contributed by atoms with Gasteiger partial charge in [-0.2, -0.15) is 21.3 Å². The van der Waals surface area contributed by atoms with Crippen LogP contribution in [-0.2, 0) is 25.0 Å². The Morgan fingerprint density at radius 2 is 1.52 bits per heavy atom. The lowest BCUT2D eigenvalue weighted by molar-refractivity contribution is 0.0596. The molecule has 2 rings (SSSR count). The second-order valence-electron chi connectivity index (χ2n) is 5.88. The highest BCUT2D eigenvalue weighted by atomic mass is 32.2. The van der Waals surface area contributed by atoms with Crippen LogP contribution in [-0.4, -0.2) is 82.1 Å². The van der Waals surface area contributed by atoms with Gasteiger partial charge in [0.1, 0.15) is 0 Å². The summed E-state index contributed by atoms with van der Waals surface area (Å²) in [5, 5.41) is 0. The van der Waals surface area contributed by atoms with Gasteiger partial charge in [0.15, 0.2) is 0 Å². The molecule has 11 heteroatoms. The van der Waals surface area contributed by atoms with E-state index >= 15 is 0 Å². The van der Waals surface area contributed by atoms with Crippen molar-refractivity contribution in [3.8, 4) is 0 Å². The molecule has 1 heterocycles. The second-order valence-corrected chi connectivity index (χ2v) is 9.72. The van der Waals surface area contributed by atoms with Crippen molar-refractivity contribution in [3.63, 3.8) is 0 Å². The SMILES string of the molecule is CCN(CC)S(=O)(=O)N1CCN(S(=O)(=O)c2ccccc2C(=O)OC)CC1. The van der Waals surface area contributed by atoms with Crippen LogP contribution in [0.1, 0.15) is 24.2 Å². The zero-order valence-electron chi connectivity index (χ0n) is 15.7. The van der Waals surface area contributed by atoms with Crippen LogP contribution >= 0.6 is 0 Å². The third kappa shape index (κ3) is 4.32. The Labute approximate surface area is 160 Å². The van der Waals surface area contributed by atoms with Crippen molar-refractivity contribution >= 4 is 26.2 Å². The molecule has 0 aliphatic carbocycles. The normalized spacial score (nSPS) is 17.2. The molecule has 1 aromatic rings. The standard InChI is InChI=1S/C16H25N3O6S2/c1-4-17(5-2)27(23,24)19-12-10-18(11-13-19)26(21,22)15-9-7-6-8-14(15)16(20)25-3/h6-9H,4-5,10-13H2,1-3H3. The highest BCUT2D eigenvalue weighted by molar-refractivity contribution is 7.89. The van der Waals surface area contributed by atoms with Crippen molar-refractivity contribution in [2.45, 2.75) is 18.7 Å². The van der Waals surface area contributed by atoms with Crippen molar-refractivity contribution in [1.82, 2.24) is 12.9 Å². The molecule has 0 bridgehead atoms. The highest BCUT2D eigenvalue weighted by Gasteiger charge is 2.36. The predicted octanol–water partition coefficient (Wildman–Crippen LogP) is 0.366. The van der Waals surface area contributed by atoms with Gasteiger partial charge in [-0.05, 0) is 12.1 Å². The Balaban J connectivity index is 2.22. The summed E-state index contributed by atoms with van der Waals surface area (Å²) in [5.74, 6) is -0.739. The molecule has 0 radical (unpaired) electrons. The van der Waals surface area contributed by atoms with Gasteiger partial charge in [-0.1, -0.05) is 26.0 Å². The summed E-state index contributed by atoms with van der Waals surface area (Å²) in [6, 6.07) is 5.82. The van der Waals surface area contributed by atoms with Crippen LogP contribution in [0.2, 0.25) is 0 Å². The third-order valence-corrected chi connectivity index (χ3v) is 8.61. The topological polar surface area (TPSA) is 104 Å². The molecule has 152 valence electrons. The number of nitrogens with zero attached hydrogens (tertiary/aromatic N) is 3. The van der Waals surface area contributed by atoms with E-state index in [9.17, 15) is 21.6 Å². The number of carbonyl (C=O) groups excluding carboxylic acids is 1. The van der Waals surface area contributed by atoms with E-state index in [2.05, 4.69) is 4.74 Å². The van der Waals surface area contributed by atoms with Crippen molar-refractivity contribution in [1.29, 1.82) is 0 Å². The van der Waals surface area contributed by atoms with E-state index in [1.807, 2.05) is 0 Å². The number of carbonyl (C=O) groups is 1. The van der Waals surface area contributed by atoms with E-state index < -0.39 is 26.2 Å². The van der Waals surface area contributed by atoms with Gasteiger partial charge in [0.2, 0.25) is 10.0 Å². The number of methoxy groups -OCH3 is 1. The second kappa shape index (κ2) is 8.65. The lowest BCUT2D eigenvalue weighted by Gasteiger charge is -2.35. The first kappa shape index (κ1) is 21.8. The zero-order valence-corrected chi connectivity index (χ0v) is 17.3. The van der Waals surface area contributed by atoms with Crippen molar-refractivity contribution in [2.75, 3.05) is 46.4 Å². The minimum absolute atomic E-state index is 0.0122. The monoisotopic (exact) mass is 419 g/mol. The van der Waals surface area contributed by atoms with Gasteiger partial charge < -0.3 is 4.74 Å². The summed E-state index contributed by atoms with van der Waals surface area (Å²) >= 11 is 0. The summed E-state index contributed by atoms with van der Waals surface area (Å²) < 4.78 is 59.6. The Bertz CT molecular complexity index is 873. The molecule has 0 atom stereocenters. The van der Waals surface area contributed by atoms with Crippen LogP contribution in [0.4, 0.5) is 0 Å². The summed E-state index contributed by atoms with van der Waals surface area (Å²) in [6.07, 6.45) is 0. The number of piperazine rings is 1. The molecule has 1 aliphatic heterocycles. The maximum Gasteiger partial charge on any atom is 0.339 e. The maximum atomic E-state index is 13.0. The Kier molecular flexibility index (Phi) is 6.98. The van der Waals surface area contributed by atoms with Crippen molar-refractivity contribution < 1.29 is 26.4 Å². The fourth-order valence-corrected chi connectivity index (χ4v) is 6.17. The molecule has 1 saturated heterocycles. The number of rotatable bonds is 7. The number of hydrogen-bond donors (Lipinski definition) is 0. The van der Waals surface area contributed by atoms with E-state index in [0.717, 1.165) is 0 Å². The molecule has 0 amide bonds. The number of hydrogen-bond acceptors (Lipinski definition) is 6. The molecule has 1 aromatic carbocycles. The Morgan fingerprint density at radius 3 is 2.04 bits per heavy atom. The van der Waals surface area contributed by atoms with E-state index in [1.54, 1.807) is 19.9 Å². The minimum atomic E-state index is -3.95. The molecule has 1 fully saturated rings. The van der Waals surface area contributed by atoms with Crippen LogP contribution in [0, 0.1) is 0 Å². The maximum absolute atomic E-state index is 13.0. The van der Waals surface area contributed by atoms with Crippen molar-refractivity contribution in [3.05, 3.63) is 29.8 Å². The third-order valence-electron chi connectivity index (χ3n) is 4.47. The van der Waals surface area contributed by atoms with E-state index in [1.165, 1.54) is 38.2 Å². The number of esters is 1. The molecular weight excluding hydrogens is 394 g/mol. The number of sulfonamides is 1. The van der Waals surface area contributed by atoms with Gasteiger partial charge in [-0.3, -0.25) is 0 Å². The van der Waals surface area contributed by atoms with Gasteiger partial charge in [0, 0.05) is 39.3 Å². The van der Waals surface area contributed by atoms with Crippen LogP contribution in [0.3, 0.4) is 0 Å². The van der Waals surface area contributed by atoms with Gasteiger partial charge in [-0.25, -0.2) is 13.2 Å². The molecule has 9 nitrogen and oxygen atoms in total. The molecular formula is C16H25N3O6S2. The van der Waals surface area contributed by atoms with Crippen LogP contribution < -0.4 is 0 Å². The first-order chi connectivity index (χ1) is 12.7. The lowest BCUT2D eigenvalue weighted by atomic mass is 10.2. The van der Waals surface area contributed by atoms with E-state index in [4.69, 9.17) is 0 Å². The molecule has 1 aliphatic rings. The molecule has 0 unspecified atom stereocenters. The van der Waals surface area contributed by atoms with Gasteiger partial charge >= 0.3 is 5.97 Å². The average molecular weight is 420 g/mol. The average Bonchev–Trinajstić information content (AvgIpc) is 2.68. The molecule has 27 heavy (non-hydrogen) atoms. The van der Waals surface area contributed by atoms with E-state index in [0.29, 0.717) is 13.1 Å². The van der Waals surface area contributed by atoms with Crippen LogP contribution in [0.25, 0.3) is 0 Å². The van der Waals surface area contributed by atoms with Crippen LogP contribution in [0.15, 0.2) is 29.2 Å². The van der Waals surface area contributed by atoms with Crippen LogP contribution in [0.5, 0.6) is 0 Å². The van der Waals surface area contributed by atoms with Gasteiger partial charge in [0.25, 0.3) is 10.2 Å². The summed E-state index contributed by atoms with van der Waals surface area (Å²) in [7, 11) is -6.38. The van der Waals surface area contributed by atoms with Gasteiger partial charge in [0.05, 0.1) is 17.6 Å². The summed E-state index contributed by atoms with van der Waals surface area (Å²) in [6.45, 7) is 4.35. The Morgan fingerprint density at radius 1 is 1.00 bits per heavy atom. The fraction of sp³-hybridized carbons (Fsp3) is 0.562. The largest absolute Gasteiger partial charge is 0.465 e. The minimum Gasteiger partial charge on any atom is -0.465 e. The van der Waals surface area contributed by atoms with E-state index in [-0.39, 0.29) is 36.6 Å². The summed E-state index contributed by atoms with van der Waals surface area (Å²) in [4.78, 5) is 11.7. The Hall–Kier alpha value is -1.53. The predicted molar refractivity (Wildman–Crippen MR) is 100.0 cm³/mol. The zero-order chi connectivity index (χ0) is 20.2. The number of benzene rings is 1. The summed E-state index contributed by atoms with van der Waals surface area (Å²) in [5.41, 5.74) is -0.0433. The first-order valence-electron chi connectivity index (χ1n) is 8.62. The molecule has 0 aromatic heterocycles. The molecule has 0 N–H and O–H groups in total. The smallest absolute Gasteiger partial charge is 0.339 e. The molecule has 0 saturated carbocycles.